The second-order valence-corrected chi connectivity index (χ2v) is 15.6. The first kappa shape index (κ1) is 18.3. The molecule has 0 unspecified atom stereocenters. The van der Waals surface area contributed by atoms with Crippen LogP contribution in [-0.2, 0) is 19.1 Å². The summed E-state index contributed by atoms with van der Waals surface area (Å²) >= 11 is 0. The molecule has 4 rings (SSSR count). The topological polar surface area (TPSA) is 52.6 Å². The smallest absolute Gasteiger partial charge is 0.162 e. The minimum Gasteiger partial charge on any atom is -0.350 e. The fourth-order valence-electron chi connectivity index (χ4n) is 5.57. The van der Waals surface area contributed by atoms with Crippen LogP contribution in [0.3, 0.4) is 0 Å². The summed E-state index contributed by atoms with van der Waals surface area (Å²) in [7, 11) is -1.68. The largest absolute Gasteiger partial charge is 0.350 e. The molecule has 3 aliphatic carbocycles. The molecular formula is C21H30O4Si. The van der Waals surface area contributed by atoms with Gasteiger partial charge < -0.3 is 9.47 Å². The average molecular weight is 375 g/mol. The number of carbonyl (C=O) groups is 2. The van der Waals surface area contributed by atoms with E-state index < -0.39 is 13.9 Å². The van der Waals surface area contributed by atoms with Gasteiger partial charge in [0.1, 0.15) is 0 Å². The van der Waals surface area contributed by atoms with Crippen LogP contribution < -0.4 is 0 Å². The van der Waals surface area contributed by atoms with Crippen molar-refractivity contribution in [3.05, 3.63) is 23.3 Å². The van der Waals surface area contributed by atoms with Gasteiger partial charge in [0.2, 0.25) is 0 Å². The van der Waals surface area contributed by atoms with Gasteiger partial charge in [0.05, 0.1) is 21.3 Å². The number of hydrogen-bond donors (Lipinski definition) is 0. The van der Waals surface area contributed by atoms with Crippen LogP contribution in [0.15, 0.2) is 23.3 Å². The third-order valence-corrected chi connectivity index (χ3v) is 9.31. The maximum absolute atomic E-state index is 12.8. The van der Waals surface area contributed by atoms with Crippen molar-refractivity contribution in [3.8, 4) is 0 Å². The van der Waals surface area contributed by atoms with Crippen molar-refractivity contribution in [2.24, 2.45) is 17.3 Å². The molecule has 0 saturated carbocycles. The fraction of sp³-hybridized carbons (Fsp3) is 0.714. The van der Waals surface area contributed by atoms with Crippen molar-refractivity contribution in [1.82, 2.24) is 0 Å². The fourth-order valence-corrected chi connectivity index (χ4v) is 8.40. The highest BCUT2D eigenvalue weighted by atomic mass is 28.3. The van der Waals surface area contributed by atoms with Crippen LogP contribution in [0.25, 0.3) is 0 Å². The highest BCUT2D eigenvalue weighted by Gasteiger charge is 2.55. The monoisotopic (exact) mass is 374 g/mol. The molecule has 0 bridgehead atoms. The van der Waals surface area contributed by atoms with Gasteiger partial charge in [-0.05, 0) is 50.8 Å². The summed E-state index contributed by atoms with van der Waals surface area (Å²) in [4.78, 5) is 25.4. The van der Waals surface area contributed by atoms with Crippen LogP contribution >= 0.6 is 0 Å². The summed E-state index contributed by atoms with van der Waals surface area (Å²) in [6, 6.07) is 0. The first-order valence-corrected chi connectivity index (χ1v) is 13.3. The Bertz CT molecular complexity index is 715. The van der Waals surface area contributed by atoms with Crippen molar-refractivity contribution in [1.29, 1.82) is 0 Å². The molecular weight excluding hydrogens is 344 g/mol. The Balaban J connectivity index is 1.69. The Kier molecular flexibility index (Phi) is 4.04. The van der Waals surface area contributed by atoms with E-state index >= 15 is 0 Å². The van der Waals surface area contributed by atoms with Crippen molar-refractivity contribution >= 4 is 19.6 Å². The molecule has 1 fully saturated rings. The maximum atomic E-state index is 12.8. The minimum absolute atomic E-state index is 0.00882. The molecule has 1 aliphatic heterocycles. The summed E-state index contributed by atoms with van der Waals surface area (Å²) in [6.45, 7) is 12.3. The summed E-state index contributed by atoms with van der Waals surface area (Å²) in [5.74, 6) is -0.513. The minimum atomic E-state index is -1.68. The van der Waals surface area contributed by atoms with Gasteiger partial charge in [0, 0.05) is 17.3 Å². The number of hydrogen-bond acceptors (Lipinski definition) is 4. The Hall–Kier alpha value is -1.04. The van der Waals surface area contributed by atoms with E-state index in [1.54, 1.807) is 0 Å². The molecule has 1 spiro atoms. The highest BCUT2D eigenvalue weighted by molar-refractivity contribution is 6.78. The van der Waals surface area contributed by atoms with Crippen LogP contribution in [0, 0.1) is 17.3 Å². The van der Waals surface area contributed by atoms with E-state index in [0.29, 0.717) is 13.2 Å². The molecule has 0 amide bonds. The Morgan fingerprint density at radius 1 is 1.00 bits per heavy atom. The molecule has 1 saturated heterocycles. The lowest BCUT2D eigenvalue weighted by Gasteiger charge is -2.45. The van der Waals surface area contributed by atoms with Gasteiger partial charge in [-0.1, -0.05) is 30.8 Å². The van der Waals surface area contributed by atoms with Crippen LogP contribution in [0.5, 0.6) is 0 Å². The van der Waals surface area contributed by atoms with Crippen molar-refractivity contribution in [2.75, 3.05) is 13.2 Å². The van der Waals surface area contributed by atoms with Crippen molar-refractivity contribution in [3.63, 3.8) is 0 Å². The molecule has 0 aromatic rings. The zero-order valence-corrected chi connectivity index (χ0v) is 17.6. The van der Waals surface area contributed by atoms with Crippen LogP contribution in [0.2, 0.25) is 25.2 Å². The van der Waals surface area contributed by atoms with E-state index in [4.69, 9.17) is 9.47 Å². The Labute approximate surface area is 157 Å². The summed E-state index contributed by atoms with van der Waals surface area (Å²) in [5, 5.41) is 0. The van der Waals surface area contributed by atoms with E-state index in [0.717, 1.165) is 19.3 Å². The molecule has 4 aliphatic rings. The number of ether oxygens (including phenoxy) is 2. The second kappa shape index (κ2) is 5.73. The van der Waals surface area contributed by atoms with Crippen molar-refractivity contribution < 1.29 is 19.1 Å². The molecule has 3 atom stereocenters. The van der Waals surface area contributed by atoms with Gasteiger partial charge in [0.15, 0.2) is 17.4 Å². The van der Waals surface area contributed by atoms with E-state index in [2.05, 4.69) is 19.6 Å². The van der Waals surface area contributed by atoms with Crippen LogP contribution in [-0.4, -0.2) is 38.6 Å². The molecule has 26 heavy (non-hydrogen) atoms. The molecule has 142 valence electrons. The van der Waals surface area contributed by atoms with Gasteiger partial charge in [-0.25, -0.2) is 0 Å². The Morgan fingerprint density at radius 3 is 2.23 bits per heavy atom. The standard InChI is InChI=1S/C21H30O4Si/c1-20(2)24-11-21(12-25-20)9-13-8-14-16(22)6-7-17(23)18(14)19(15(13)10-21)26(3,4)5/h6-7,14,18-19H,8-12H2,1-5H3/t14-,18-,19-/m0/s1. The normalized spacial score (nSPS) is 35.7. The second-order valence-electron chi connectivity index (χ2n) is 10.3. The van der Waals surface area contributed by atoms with Gasteiger partial charge >= 0.3 is 0 Å². The molecule has 0 aromatic carbocycles. The predicted octanol–water partition coefficient (Wildman–Crippen LogP) is 3.90. The van der Waals surface area contributed by atoms with E-state index in [1.165, 1.54) is 23.3 Å². The number of rotatable bonds is 1. The first-order valence-electron chi connectivity index (χ1n) is 9.76. The van der Waals surface area contributed by atoms with Crippen LogP contribution in [0.4, 0.5) is 0 Å². The lowest BCUT2D eigenvalue weighted by molar-refractivity contribution is -0.283. The van der Waals surface area contributed by atoms with Gasteiger partial charge in [0.25, 0.3) is 0 Å². The van der Waals surface area contributed by atoms with E-state index in [1.807, 2.05) is 13.8 Å². The van der Waals surface area contributed by atoms with Crippen molar-refractivity contribution in [2.45, 2.75) is 64.1 Å². The van der Waals surface area contributed by atoms with Gasteiger partial charge in [-0.2, -0.15) is 0 Å². The molecule has 1 heterocycles. The van der Waals surface area contributed by atoms with Gasteiger partial charge in [-0.15, -0.1) is 0 Å². The number of ketones is 2. The van der Waals surface area contributed by atoms with Crippen LogP contribution in [0.1, 0.15) is 33.1 Å². The number of fused-ring (bicyclic) bond motifs is 1. The molecule has 5 heteroatoms. The summed E-state index contributed by atoms with van der Waals surface area (Å²) in [6.07, 6.45) is 5.70. The summed E-state index contributed by atoms with van der Waals surface area (Å²) < 4.78 is 12.0. The zero-order chi connectivity index (χ0) is 18.9. The molecule has 0 N–H and O–H groups in total. The third-order valence-electron chi connectivity index (χ3n) is 6.73. The number of carbonyl (C=O) groups excluding carboxylic acids is 2. The molecule has 0 radical (unpaired) electrons. The predicted molar refractivity (Wildman–Crippen MR) is 103 cm³/mol. The highest BCUT2D eigenvalue weighted by Crippen LogP contribution is 2.59. The quantitative estimate of drug-likeness (QED) is 0.516. The SMILES string of the molecule is CC1(C)OCC2(CO1)CC1=C(C2)[C@H]([Si](C)(C)C)[C@@H]2C(=O)C=CC(=O)[C@@H]2C1. The Morgan fingerprint density at radius 2 is 1.62 bits per heavy atom. The molecule has 4 nitrogen and oxygen atoms in total. The lowest BCUT2D eigenvalue weighted by Crippen LogP contribution is -2.47. The first-order chi connectivity index (χ1) is 12.0. The maximum Gasteiger partial charge on any atom is 0.162 e. The number of allylic oxidation sites excluding steroid dienone is 4. The molecule has 0 aromatic heterocycles. The third kappa shape index (κ3) is 2.88. The average Bonchev–Trinajstić information content (AvgIpc) is 2.89. The zero-order valence-electron chi connectivity index (χ0n) is 16.6. The van der Waals surface area contributed by atoms with E-state index in [9.17, 15) is 9.59 Å². The van der Waals surface area contributed by atoms with E-state index in [-0.39, 0.29) is 34.4 Å². The lowest BCUT2D eigenvalue weighted by atomic mass is 9.70. The summed E-state index contributed by atoms with van der Waals surface area (Å²) in [5.41, 5.74) is 3.13. The van der Waals surface area contributed by atoms with Gasteiger partial charge in [-0.3, -0.25) is 9.59 Å².